The molecule has 0 aliphatic heterocycles. The van der Waals surface area contributed by atoms with E-state index < -0.39 is 28.5 Å². The van der Waals surface area contributed by atoms with Crippen molar-refractivity contribution in [1.29, 1.82) is 0 Å². The Morgan fingerprint density at radius 1 is 1.00 bits per heavy atom. The van der Waals surface area contributed by atoms with Crippen LogP contribution in [0.2, 0.25) is 0 Å². The summed E-state index contributed by atoms with van der Waals surface area (Å²) in [7, 11) is -2.21. The number of anilines is 1. The van der Waals surface area contributed by atoms with Crippen molar-refractivity contribution in [1.82, 2.24) is 10.2 Å². The van der Waals surface area contributed by atoms with E-state index in [1.165, 1.54) is 4.90 Å². The Hall–Kier alpha value is -3.07. The molecule has 0 bridgehead atoms. The lowest BCUT2D eigenvalue weighted by Gasteiger charge is -2.32. The lowest BCUT2D eigenvalue weighted by atomic mass is 9.87. The number of carbonyl (C=O) groups excluding carboxylic acids is 2. The summed E-state index contributed by atoms with van der Waals surface area (Å²) in [4.78, 5) is 28.0. The minimum absolute atomic E-state index is 0.0539. The normalized spacial score (nSPS) is 13.4. The monoisotopic (exact) mass is 531 g/mol. The first kappa shape index (κ1) is 30.2. The van der Waals surface area contributed by atoms with Gasteiger partial charge in [-0.25, -0.2) is 8.42 Å². The summed E-state index contributed by atoms with van der Waals surface area (Å²) in [6.45, 7) is 11.4. The van der Waals surface area contributed by atoms with Gasteiger partial charge in [-0.3, -0.25) is 13.9 Å². The van der Waals surface area contributed by atoms with E-state index in [9.17, 15) is 18.0 Å². The first-order valence-corrected chi connectivity index (χ1v) is 14.3. The van der Waals surface area contributed by atoms with Crippen molar-refractivity contribution in [2.75, 3.05) is 24.2 Å². The van der Waals surface area contributed by atoms with Gasteiger partial charge in [0.25, 0.3) is 0 Å². The molecule has 0 fully saturated rings. The summed E-state index contributed by atoms with van der Waals surface area (Å²) in [5.74, 6) is -0.101. The Labute approximate surface area is 222 Å². The van der Waals surface area contributed by atoms with E-state index in [1.807, 2.05) is 38.1 Å². The third-order valence-corrected chi connectivity index (χ3v) is 7.52. The molecule has 0 heterocycles. The zero-order valence-corrected chi connectivity index (χ0v) is 24.1. The average molecular weight is 532 g/mol. The van der Waals surface area contributed by atoms with Crippen molar-refractivity contribution in [3.05, 3.63) is 59.7 Å². The summed E-state index contributed by atoms with van der Waals surface area (Å²) >= 11 is 0. The fourth-order valence-corrected chi connectivity index (χ4v) is 4.57. The number of nitrogens with zero attached hydrogens (tertiary/aromatic N) is 2. The predicted molar refractivity (Wildman–Crippen MR) is 148 cm³/mol. The van der Waals surface area contributed by atoms with Crippen LogP contribution in [0.3, 0.4) is 0 Å². The highest BCUT2D eigenvalue weighted by molar-refractivity contribution is 7.92. The van der Waals surface area contributed by atoms with E-state index >= 15 is 0 Å². The van der Waals surface area contributed by atoms with Crippen molar-refractivity contribution in [3.8, 4) is 5.75 Å². The molecule has 2 rings (SSSR count). The first-order chi connectivity index (χ1) is 17.2. The molecule has 37 heavy (non-hydrogen) atoms. The molecule has 2 atom stereocenters. The minimum Gasteiger partial charge on any atom is -0.497 e. The van der Waals surface area contributed by atoms with E-state index in [0.717, 1.165) is 28.1 Å². The Balaban J connectivity index is 2.39. The highest BCUT2D eigenvalue weighted by atomic mass is 32.2. The minimum atomic E-state index is -3.78. The lowest BCUT2D eigenvalue weighted by molar-refractivity contribution is -0.139. The molecule has 0 saturated carbocycles. The third kappa shape index (κ3) is 8.49. The maximum Gasteiger partial charge on any atom is 0.244 e. The van der Waals surface area contributed by atoms with Crippen LogP contribution in [0.4, 0.5) is 5.69 Å². The highest BCUT2D eigenvalue weighted by Gasteiger charge is 2.30. The molecule has 1 N–H and O–H groups in total. The van der Waals surface area contributed by atoms with Crippen LogP contribution < -0.4 is 14.4 Å². The Bertz CT molecular complexity index is 1160. The molecule has 0 aliphatic carbocycles. The molecular formula is C28H41N3O5S. The maximum absolute atomic E-state index is 13.6. The molecule has 0 radical (unpaired) electrons. The topological polar surface area (TPSA) is 96.0 Å². The van der Waals surface area contributed by atoms with Crippen molar-refractivity contribution >= 4 is 27.5 Å². The average Bonchev–Trinajstić information content (AvgIpc) is 2.84. The fourth-order valence-electron chi connectivity index (χ4n) is 3.72. The molecule has 0 unspecified atom stereocenters. The number of hydrogen-bond acceptors (Lipinski definition) is 5. The van der Waals surface area contributed by atoms with Gasteiger partial charge in [0, 0.05) is 12.6 Å². The number of sulfonamides is 1. The molecule has 8 nitrogen and oxygen atoms in total. The van der Waals surface area contributed by atoms with Crippen LogP contribution in [0.5, 0.6) is 5.75 Å². The molecular weight excluding hydrogens is 490 g/mol. The van der Waals surface area contributed by atoms with Crippen LogP contribution in [0, 0.1) is 0 Å². The number of hydrogen-bond donors (Lipinski definition) is 1. The second kappa shape index (κ2) is 12.4. The number of methoxy groups -OCH3 is 1. The van der Waals surface area contributed by atoms with E-state index in [4.69, 9.17) is 4.74 Å². The van der Waals surface area contributed by atoms with Gasteiger partial charge in [0.2, 0.25) is 21.8 Å². The number of benzene rings is 2. The molecule has 0 aromatic heterocycles. The summed E-state index contributed by atoms with van der Waals surface area (Å²) in [6, 6.07) is 13.5. The van der Waals surface area contributed by atoms with Crippen molar-refractivity contribution in [2.24, 2.45) is 0 Å². The smallest absolute Gasteiger partial charge is 0.244 e. The summed E-state index contributed by atoms with van der Waals surface area (Å²) in [5.41, 5.74) is 2.13. The molecule has 2 aromatic carbocycles. The molecule has 0 spiro atoms. The molecule has 2 aromatic rings. The van der Waals surface area contributed by atoms with E-state index in [1.54, 1.807) is 38.3 Å². The summed E-state index contributed by atoms with van der Waals surface area (Å²) in [5, 5.41) is 2.92. The largest absolute Gasteiger partial charge is 0.497 e. The molecule has 0 saturated heterocycles. The van der Waals surface area contributed by atoms with Gasteiger partial charge >= 0.3 is 0 Å². The Morgan fingerprint density at radius 2 is 1.57 bits per heavy atom. The fraction of sp³-hybridized carbons (Fsp3) is 0.500. The van der Waals surface area contributed by atoms with Gasteiger partial charge in [-0.05, 0) is 61.1 Å². The van der Waals surface area contributed by atoms with Gasteiger partial charge in [-0.2, -0.15) is 0 Å². The van der Waals surface area contributed by atoms with Crippen LogP contribution in [0.1, 0.15) is 59.1 Å². The van der Waals surface area contributed by atoms with Crippen LogP contribution in [-0.2, 0) is 31.6 Å². The van der Waals surface area contributed by atoms with Crippen molar-refractivity contribution in [3.63, 3.8) is 0 Å². The van der Waals surface area contributed by atoms with Gasteiger partial charge in [0.1, 0.15) is 18.3 Å². The van der Waals surface area contributed by atoms with Crippen LogP contribution in [0.25, 0.3) is 0 Å². The molecule has 204 valence electrons. The third-order valence-electron chi connectivity index (χ3n) is 6.38. The van der Waals surface area contributed by atoms with Gasteiger partial charge in [-0.1, -0.05) is 52.0 Å². The van der Waals surface area contributed by atoms with Crippen molar-refractivity contribution < 1.29 is 22.7 Å². The predicted octanol–water partition coefficient (Wildman–Crippen LogP) is 4.09. The molecule has 9 heteroatoms. The maximum atomic E-state index is 13.6. The first-order valence-electron chi connectivity index (χ1n) is 12.5. The van der Waals surface area contributed by atoms with Crippen molar-refractivity contribution in [2.45, 2.75) is 72.0 Å². The van der Waals surface area contributed by atoms with Gasteiger partial charge < -0.3 is 15.0 Å². The van der Waals surface area contributed by atoms with E-state index in [0.29, 0.717) is 11.4 Å². The molecule has 2 amide bonds. The number of nitrogens with one attached hydrogen (secondary N) is 1. The second-order valence-corrected chi connectivity index (χ2v) is 12.3. The van der Waals surface area contributed by atoms with Gasteiger partial charge in [0.05, 0.1) is 19.1 Å². The van der Waals surface area contributed by atoms with E-state index in [-0.39, 0.29) is 23.9 Å². The second-order valence-electron chi connectivity index (χ2n) is 10.4. The zero-order valence-electron chi connectivity index (χ0n) is 23.2. The Morgan fingerprint density at radius 3 is 2.03 bits per heavy atom. The Kier molecular flexibility index (Phi) is 10.1. The SMILES string of the molecule is CC[C@H](C)NC(=O)[C@@H](C)N(Cc1ccc(OC)cc1)C(=O)CN(c1ccc(C(C)(C)C)cc1)S(C)(=O)=O. The quantitative estimate of drug-likeness (QED) is 0.471. The number of ether oxygens (including phenoxy) is 1. The summed E-state index contributed by atoms with van der Waals surface area (Å²) < 4.78 is 31.8. The highest BCUT2D eigenvalue weighted by Crippen LogP contribution is 2.26. The zero-order chi connectivity index (χ0) is 28.0. The number of carbonyl (C=O) groups is 2. The molecule has 0 aliphatic rings. The summed E-state index contributed by atoms with van der Waals surface area (Å²) in [6.07, 6.45) is 1.82. The van der Waals surface area contributed by atoms with Gasteiger partial charge in [-0.15, -0.1) is 0 Å². The van der Waals surface area contributed by atoms with Crippen LogP contribution in [0.15, 0.2) is 48.5 Å². The van der Waals surface area contributed by atoms with E-state index in [2.05, 4.69) is 26.1 Å². The lowest BCUT2D eigenvalue weighted by Crippen LogP contribution is -2.52. The van der Waals surface area contributed by atoms with Crippen LogP contribution >= 0.6 is 0 Å². The number of rotatable bonds is 11. The van der Waals surface area contributed by atoms with Gasteiger partial charge in [0.15, 0.2) is 0 Å². The number of amides is 2. The standard InChI is InChI=1S/C28H41N3O5S/c1-9-20(2)29-27(33)21(3)30(18-22-10-16-25(36-7)17-11-22)26(32)19-31(37(8,34)35)24-14-12-23(13-15-24)28(4,5)6/h10-17,20-21H,9,18-19H2,1-8H3,(H,29,33)/t20-,21+/m0/s1. The van der Waals surface area contributed by atoms with Crippen LogP contribution in [-0.4, -0.2) is 57.1 Å².